The molecule has 3 nitrogen and oxygen atoms in total. The molecule has 1 saturated heterocycles. The summed E-state index contributed by atoms with van der Waals surface area (Å²) in [6.45, 7) is 5.12. The van der Waals surface area contributed by atoms with E-state index < -0.39 is 0 Å². The summed E-state index contributed by atoms with van der Waals surface area (Å²) < 4.78 is 6.03. The molecule has 2 N–H and O–H groups in total. The maximum atomic E-state index is 6.03. The number of rotatable bonds is 3. The van der Waals surface area contributed by atoms with Crippen LogP contribution < -0.4 is 10.5 Å². The Bertz CT molecular complexity index is 433. The van der Waals surface area contributed by atoms with Gasteiger partial charge in [-0.15, -0.1) is 0 Å². The highest BCUT2D eigenvalue weighted by Gasteiger charge is 2.29. The van der Waals surface area contributed by atoms with Gasteiger partial charge >= 0.3 is 0 Å². The fourth-order valence-corrected chi connectivity index (χ4v) is 3.22. The fraction of sp³-hybridized carbons (Fsp3) is 0.600. The molecule has 98 valence electrons. The van der Waals surface area contributed by atoms with E-state index in [0.717, 1.165) is 25.3 Å². The Hall–Kier alpha value is -1.06. The lowest BCUT2D eigenvalue weighted by Gasteiger charge is -2.25. The van der Waals surface area contributed by atoms with E-state index in [-0.39, 0.29) is 0 Å². The minimum atomic E-state index is 0.314. The van der Waals surface area contributed by atoms with E-state index >= 15 is 0 Å². The predicted molar refractivity (Wildman–Crippen MR) is 72.9 cm³/mol. The number of fused-ring (bicyclic) bond motifs is 1. The van der Waals surface area contributed by atoms with Crippen LogP contribution in [0.2, 0.25) is 0 Å². The molecule has 18 heavy (non-hydrogen) atoms. The van der Waals surface area contributed by atoms with Crippen LogP contribution in [0.15, 0.2) is 18.2 Å². The third-order valence-electron chi connectivity index (χ3n) is 4.17. The first-order valence-electron chi connectivity index (χ1n) is 6.96. The Kier molecular flexibility index (Phi) is 3.27. The van der Waals surface area contributed by atoms with Crippen LogP contribution in [0.5, 0.6) is 5.75 Å². The molecule has 0 saturated carbocycles. The van der Waals surface area contributed by atoms with Crippen molar-refractivity contribution in [1.29, 1.82) is 0 Å². The average Bonchev–Trinajstić information content (AvgIpc) is 2.94. The summed E-state index contributed by atoms with van der Waals surface area (Å²) in [5.74, 6) is 1.08. The largest absolute Gasteiger partial charge is 0.488 e. The van der Waals surface area contributed by atoms with E-state index in [4.69, 9.17) is 10.5 Å². The standard InChI is InChI=1S/C15H22N2O/c1-11-4-5-15-12(7-11)8-14(18-15)10-17-6-2-3-13(17)9-16/h4-5,7,13-14H,2-3,6,8-10,16H2,1H3. The smallest absolute Gasteiger partial charge is 0.123 e. The van der Waals surface area contributed by atoms with Crippen LogP contribution >= 0.6 is 0 Å². The van der Waals surface area contributed by atoms with E-state index in [2.05, 4.69) is 30.0 Å². The van der Waals surface area contributed by atoms with Crippen LogP contribution in [0.3, 0.4) is 0 Å². The molecule has 2 aliphatic heterocycles. The van der Waals surface area contributed by atoms with Crippen molar-refractivity contribution in [2.45, 2.75) is 38.3 Å². The number of benzene rings is 1. The van der Waals surface area contributed by atoms with E-state index in [0.29, 0.717) is 12.1 Å². The molecule has 2 aliphatic rings. The van der Waals surface area contributed by atoms with E-state index in [1.165, 1.54) is 30.5 Å². The summed E-state index contributed by atoms with van der Waals surface area (Å²) in [5, 5.41) is 0. The number of hydrogen-bond donors (Lipinski definition) is 1. The number of nitrogens with two attached hydrogens (primary N) is 1. The molecular weight excluding hydrogens is 224 g/mol. The Balaban J connectivity index is 1.64. The Morgan fingerprint density at radius 1 is 1.44 bits per heavy atom. The number of aryl methyl sites for hydroxylation is 1. The summed E-state index contributed by atoms with van der Waals surface area (Å²) in [4.78, 5) is 2.50. The predicted octanol–water partition coefficient (Wildman–Crippen LogP) is 1.72. The van der Waals surface area contributed by atoms with Crippen LogP contribution in [0.4, 0.5) is 0 Å². The second-order valence-corrected chi connectivity index (χ2v) is 5.58. The normalized spacial score (nSPS) is 27.2. The highest BCUT2D eigenvalue weighted by atomic mass is 16.5. The highest BCUT2D eigenvalue weighted by molar-refractivity contribution is 5.40. The zero-order chi connectivity index (χ0) is 12.5. The van der Waals surface area contributed by atoms with E-state index in [1.54, 1.807) is 0 Å². The van der Waals surface area contributed by atoms with Crippen LogP contribution in [0.1, 0.15) is 24.0 Å². The molecule has 2 heterocycles. The van der Waals surface area contributed by atoms with Gasteiger partial charge in [-0.2, -0.15) is 0 Å². The first-order chi connectivity index (χ1) is 8.76. The zero-order valence-electron chi connectivity index (χ0n) is 11.1. The summed E-state index contributed by atoms with van der Waals surface area (Å²) in [7, 11) is 0. The Labute approximate surface area is 109 Å². The molecule has 0 amide bonds. The van der Waals surface area contributed by atoms with Crippen molar-refractivity contribution in [3.63, 3.8) is 0 Å². The van der Waals surface area contributed by atoms with Gasteiger partial charge in [0.15, 0.2) is 0 Å². The van der Waals surface area contributed by atoms with Gasteiger partial charge in [0.05, 0.1) is 0 Å². The van der Waals surface area contributed by atoms with Crippen molar-refractivity contribution in [3.8, 4) is 5.75 Å². The molecule has 2 atom stereocenters. The second-order valence-electron chi connectivity index (χ2n) is 5.58. The summed E-state index contributed by atoms with van der Waals surface area (Å²) in [5.41, 5.74) is 8.50. The first-order valence-corrected chi connectivity index (χ1v) is 6.96. The van der Waals surface area contributed by atoms with Gasteiger partial charge in [0.25, 0.3) is 0 Å². The topological polar surface area (TPSA) is 38.5 Å². The van der Waals surface area contributed by atoms with Crippen LogP contribution in [-0.4, -0.2) is 36.7 Å². The number of likely N-dealkylation sites (tertiary alicyclic amines) is 1. The first kappa shape index (κ1) is 12.0. The van der Waals surface area contributed by atoms with Gasteiger partial charge < -0.3 is 10.5 Å². The van der Waals surface area contributed by atoms with Gasteiger partial charge in [0.1, 0.15) is 11.9 Å². The Morgan fingerprint density at radius 3 is 3.17 bits per heavy atom. The molecular formula is C15H22N2O. The SMILES string of the molecule is Cc1ccc2c(c1)CC(CN1CCCC1CN)O2. The van der Waals surface area contributed by atoms with Gasteiger partial charge in [-0.05, 0) is 37.9 Å². The van der Waals surface area contributed by atoms with Crippen molar-refractivity contribution >= 4 is 0 Å². The van der Waals surface area contributed by atoms with Gasteiger partial charge in [-0.25, -0.2) is 0 Å². The summed E-state index contributed by atoms with van der Waals surface area (Å²) >= 11 is 0. The minimum Gasteiger partial charge on any atom is -0.488 e. The van der Waals surface area contributed by atoms with Gasteiger partial charge in [0, 0.05) is 25.6 Å². The van der Waals surface area contributed by atoms with Crippen LogP contribution in [0, 0.1) is 6.92 Å². The number of ether oxygens (including phenoxy) is 1. The van der Waals surface area contributed by atoms with E-state index in [9.17, 15) is 0 Å². The van der Waals surface area contributed by atoms with Crippen molar-refractivity contribution in [1.82, 2.24) is 4.90 Å². The van der Waals surface area contributed by atoms with Gasteiger partial charge in [-0.1, -0.05) is 17.7 Å². The molecule has 3 rings (SSSR count). The molecule has 1 aromatic carbocycles. The van der Waals surface area contributed by atoms with Crippen LogP contribution in [-0.2, 0) is 6.42 Å². The van der Waals surface area contributed by atoms with E-state index in [1.807, 2.05) is 0 Å². The summed E-state index contributed by atoms with van der Waals surface area (Å²) in [6, 6.07) is 7.05. The highest BCUT2D eigenvalue weighted by Crippen LogP contribution is 2.30. The minimum absolute atomic E-state index is 0.314. The molecule has 0 bridgehead atoms. The zero-order valence-corrected chi connectivity index (χ0v) is 11.1. The molecule has 0 radical (unpaired) electrons. The summed E-state index contributed by atoms with van der Waals surface area (Å²) in [6.07, 6.45) is 3.88. The molecule has 0 spiro atoms. The van der Waals surface area contributed by atoms with Crippen molar-refractivity contribution < 1.29 is 4.74 Å². The second kappa shape index (κ2) is 4.90. The van der Waals surface area contributed by atoms with Crippen molar-refractivity contribution in [2.24, 2.45) is 5.73 Å². The lowest BCUT2D eigenvalue weighted by Crippen LogP contribution is -2.41. The monoisotopic (exact) mass is 246 g/mol. The van der Waals surface area contributed by atoms with Gasteiger partial charge in [-0.3, -0.25) is 4.90 Å². The molecule has 3 heteroatoms. The molecule has 0 aliphatic carbocycles. The van der Waals surface area contributed by atoms with Crippen LogP contribution in [0.25, 0.3) is 0 Å². The van der Waals surface area contributed by atoms with Gasteiger partial charge in [0.2, 0.25) is 0 Å². The molecule has 2 unspecified atom stereocenters. The third kappa shape index (κ3) is 2.25. The lowest BCUT2D eigenvalue weighted by atomic mass is 10.1. The maximum absolute atomic E-state index is 6.03. The molecule has 0 aromatic heterocycles. The maximum Gasteiger partial charge on any atom is 0.123 e. The van der Waals surface area contributed by atoms with Crippen molar-refractivity contribution in [2.75, 3.05) is 19.6 Å². The number of nitrogens with zero attached hydrogens (tertiary/aromatic N) is 1. The molecule has 1 fully saturated rings. The van der Waals surface area contributed by atoms with Crippen molar-refractivity contribution in [3.05, 3.63) is 29.3 Å². The fourth-order valence-electron chi connectivity index (χ4n) is 3.22. The third-order valence-corrected chi connectivity index (χ3v) is 4.17. The number of hydrogen-bond acceptors (Lipinski definition) is 3. The average molecular weight is 246 g/mol. The quantitative estimate of drug-likeness (QED) is 0.882. The Morgan fingerprint density at radius 2 is 2.33 bits per heavy atom. The lowest BCUT2D eigenvalue weighted by molar-refractivity contribution is 0.143. The molecule has 1 aromatic rings.